The van der Waals surface area contributed by atoms with Crippen LogP contribution < -0.4 is 11.1 Å². The zero-order valence-electron chi connectivity index (χ0n) is 9.31. The Labute approximate surface area is 107 Å². The van der Waals surface area contributed by atoms with E-state index in [2.05, 4.69) is 5.32 Å². The highest BCUT2D eigenvalue weighted by Gasteiger charge is 2.09. The van der Waals surface area contributed by atoms with Gasteiger partial charge in [0.15, 0.2) is 0 Å². The molecule has 2 aromatic rings. The molecule has 0 aliphatic rings. The summed E-state index contributed by atoms with van der Waals surface area (Å²) in [5.41, 5.74) is 6.54. The number of aromatic carboxylic acids is 1. The predicted molar refractivity (Wildman–Crippen MR) is 69.4 cm³/mol. The number of benzene rings is 1. The standard InChI is InChI=1S/C12H11FN2O2S/c13-8-2-1-7(12(16)17)5-10(8)15-6-11-9(14)3-4-18-11/h1-5,15H,6,14H2,(H,16,17). The van der Waals surface area contributed by atoms with Gasteiger partial charge in [-0.15, -0.1) is 11.3 Å². The van der Waals surface area contributed by atoms with Crippen LogP contribution in [-0.4, -0.2) is 11.1 Å². The van der Waals surface area contributed by atoms with Crippen LogP contribution in [0.2, 0.25) is 0 Å². The molecule has 4 N–H and O–H groups in total. The second-order valence-electron chi connectivity index (χ2n) is 3.65. The summed E-state index contributed by atoms with van der Waals surface area (Å²) in [7, 11) is 0. The molecular formula is C12H11FN2O2S. The van der Waals surface area contributed by atoms with Gasteiger partial charge in [0.05, 0.1) is 17.8 Å². The van der Waals surface area contributed by atoms with E-state index in [4.69, 9.17) is 10.8 Å². The fraction of sp³-hybridized carbons (Fsp3) is 0.0833. The SMILES string of the molecule is Nc1ccsc1CNc1cc(C(=O)O)ccc1F. The molecule has 6 heteroatoms. The Morgan fingerprint density at radius 3 is 2.83 bits per heavy atom. The van der Waals surface area contributed by atoms with Crippen LogP contribution in [0.25, 0.3) is 0 Å². The van der Waals surface area contributed by atoms with Crippen LogP contribution in [0, 0.1) is 5.82 Å². The minimum atomic E-state index is -1.09. The lowest BCUT2D eigenvalue weighted by Gasteiger charge is -2.08. The number of anilines is 2. The summed E-state index contributed by atoms with van der Waals surface area (Å²) in [6.07, 6.45) is 0. The summed E-state index contributed by atoms with van der Waals surface area (Å²) in [4.78, 5) is 11.7. The van der Waals surface area contributed by atoms with Crippen LogP contribution >= 0.6 is 11.3 Å². The Morgan fingerprint density at radius 2 is 2.22 bits per heavy atom. The summed E-state index contributed by atoms with van der Waals surface area (Å²) < 4.78 is 13.5. The van der Waals surface area contributed by atoms with Crippen molar-refractivity contribution in [3.63, 3.8) is 0 Å². The zero-order chi connectivity index (χ0) is 13.1. The molecule has 0 fully saturated rings. The van der Waals surface area contributed by atoms with Crippen LogP contribution in [0.3, 0.4) is 0 Å². The first-order valence-electron chi connectivity index (χ1n) is 5.16. The Morgan fingerprint density at radius 1 is 1.44 bits per heavy atom. The lowest BCUT2D eigenvalue weighted by Crippen LogP contribution is -2.04. The van der Waals surface area contributed by atoms with E-state index in [1.165, 1.54) is 23.5 Å². The van der Waals surface area contributed by atoms with Crippen molar-refractivity contribution in [1.29, 1.82) is 0 Å². The summed E-state index contributed by atoms with van der Waals surface area (Å²) >= 11 is 1.46. The van der Waals surface area contributed by atoms with E-state index in [1.54, 1.807) is 6.07 Å². The third-order valence-corrected chi connectivity index (χ3v) is 3.37. The quantitative estimate of drug-likeness (QED) is 0.795. The molecule has 1 aromatic carbocycles. The molecule has 0 unspecified atom stereocenters. The van der Waals surface area contributed by atoms with Gasteiger partial charge in [0.25, 0.3) is 0 Å². The highest BCUT2D eigenvalue weighted by atomic mass is 32.1. The van der Waals surface area contributed by atoms with Crippen LogP contribution in [0.1, 0.15) is 15.2 Å². The molecule has 0 atom stereocenters. The average Bonchev–Trinajstić information content (AvgIpc) is 2.73. The normalized spacial score (nSPS) is 10.3. The highest BCUT2D eigenvalue weighted by Crippen LogP contribution is 2.22. The number of thiophene rings is 1. The van der Waals surface area contributed by atoms with Crippen molar-refractivity contribution < 1.29 is 14.3 Å². The van der Waals surface area contributed by atoms with Gasteiger partial charge in [-0.2, -0.15) is 0 Å². The van der Waals surface area contributed by atoms with Gasteiger partial charge in [0.1, 0.15) is 5.82 Å². The monoisotopic (exact) mass is 266 g/mol. The van der Waals surface area contributed by atoms with Gasteiger partial charge in [0, 0.05) is 10.6 Å². The number of nitrogen functional groups attached to an aromatic ring is 1. The number of hydrogen-bond acceptors (Lipinski definition) is 4. The van der Waals surface area contributed by atoms with Crippen molar-refractivity contribution >= 4 is 28.7 Å². The molecule has 1 heterocycles. The molecule has 0 saturated heterocycles. The Hall–Kier alpha value is -2.08. The Bertz CT molecular complexity index is 583. The molecule has 0 saturated carbocycles. The van der Waals surface area contributed by atoms with E-state index < -0.39 is 11.8 Å². The first-order chi connectivity index (χ1) is 8.58. The Balaban J connectivity index is 2.16. The molecule has 2 rings (SSSR count). The minimum absolute atomic E-state index is 0.0399. The summed E-state index contributed by atoms with van der Waals surface area (Å²) in [5, 5.41) is 13.5. The maximum absolute atomic E-state index is 13.5. The zero-order valence-corrected chi connectivity index (χ0v) is 10.1. The fourth-order valence-electron chi connectivity index (χ4n) is 1.46. The lowest BCUT2D eigenvalue weighted by atomic mass is 10.2. The summed E-state index contributed by atoms with van der Waals surface area (Å²) in [6.45, 7) is 0.365. The number of nitrogens with two attached hydrogens (primary N) is 1. The van der Waals surface area contributed by atoms with Crippen LogP contribution in [0.5, 0.6) is 0 Å². The molecule has 0 spiro atoms. The van der Waals surface area contributed by atoms with Gasteiger partial charge in [-0.1, -0.05) is 0 Å². The van der Waals surface area contributed by atoms with E-state index in [-0.39, 0.29) is 11.3 Å². The van der Waals surface area contributed by atoms with Crippen molar-refractivity contribution in [1.82, 2.24) is 0 Å². The maximum Gasteiger partial charge on any atom is 0.335 e. The Kier molecular flexibility index (Phi) is 3.47. The summed E-state index contributed by atoms with van der Waals surface area (Å²) in [6, 6.07) is 5.39. The molecule has 0 aliphatic carbocycles. The van der Waals surface area contributed by atoms with Gasteiger partial charge in [-0.25, -0.2) is 9.18 Å². The average molecular weight is 266 g/mol. The van der Waals surface area contributed by atoms with Gasteiger partial charge < -0.3 is 16.2 Å². The van der Waals surface area contributed by atoms with E-state index in [9.17, 15) is 9.18 Å². The van der Waals surface area contributed by atoms with E-state index >= 15 is 0 Å². The molecule has 18 heavy (non-hydrogen) atoms. The molecule has 0 amide bonds. The van der Waals surface area contributed by atoms with Crippen LogP contribution in [-0.2, 0) is 6.54 Å². The van der Waals surface area contributed by atoms with E-state index in [1.807, 2.05) is 5.38 Å². The first-order valence-corrected chi connectivity index (χ1v) is 6.04. The number of nitrogens with one attached hydrogen (secondary N) is 1. The van der Waals surface area contributed by atoms with Crippen molar-refractivity contribution in [3.8, 4) is 0 Å². The van der Waals surface area contributed by atoms with Gasteiger partial charge in [-0.3, -0.25) is 0 Å². The first kappa shape index (κ1) is 12.4. The smallest absolute Gasteiger partial charge is 0.335 e. The van der Waals surface area contributed by atoms with Crippen molar-refractivity contribution in [3.05, 3.63) is 45.9 Å². The van der Waals surface area contributed by atoms with Crippen LogP contribution in [0.15, 0.2) is 29.6 Å². The molecule has 0 radical (unpaired) electrons. The van der Waals surface area contributed by atoms with E-state index in [0.29, 0.717) is 12.2 Å². The molecule has 0 aliphatic heterocycles. The fourth-order valence-corrected chi connectivity index (χ4v) is 2.20. The number of halogens is 1. The summed E-state index contributed by atoms with van der Waals surface area (Å²) in [5.74, 6) is -1.58. The van der Waals surface area contributed by atoms with Gasteiger partial charge in [-0.05, 0) is 29.6 Å². The van der Waals surface area contributed by atoms with Crippen LogP contribution in [0.4, 0.5) is 15.8 Å². The molecule has 4 nitrogen and oxygen atoms in total. The largest absolute Gasteiger partial charge is 0.478 e. The number of hydrogen-bond donors (Lipinski definition) is 3. The number of carbonyl (C=O) groups is 1. The number of carboxylic acids is 1. The molecular weight excluding hydrogens is 255 g/mol. The highest BCUT2D eigenvalue weighted by molar-refractivity contribution is 7.10. The molecule has 94 valence electrons. The maximum atomic E-state index is 13.5. The predicted octanol–water partition coefficient (Wildman–Crippen LogP) is 2.78. The van der Waals surface area contributed by atoms with E-state index in [0.717, 1.165) is 10.9 Å². The van der Waals surface area contributed by atoms with Crippen molar-refractivity contribution in [2.24, 2.45) is 0 Å². The molecule has 1 aromatic heterocycles. The number of carboxylic acid groups (broad SMARTS) is 1. The minimum Gasteiger partial charge on any atom is -0.478 e. The number of rotatable bonds is 4. The third-order valence-electron chi connectivity index (χ3n) is 2.43. The van der Waals surface area contributed by atoms with Gasteiger partial charge >= 0.3 is 5.97 Å². The van der Waals surface area contributed by atoms with Gasteiger partial charge in [0.2, 0.25) is 0 Å². The lowest BCUT2D eigenvalue weighted by molar-refractivity contribution is 0.0697. The second kappa shape index (κ2) is 5.05. The van der Waals surface area contributed by atoms with Crippen molar-refractivity contribution in [2.45, 2.75) is 6.54 Å². The second-order valence-corrected chi connectivity index (χ2v) is 4.65. The molecule has 0 bridgehead atoms. The van der Waals surface area contributed by atoms with Crippen molar-refractivity contribution in [2.75, 3.05) is 11.1 Å². The topological polar surface area (TPSA) is 75.3 Å². The third kappa shape index (κ3) is 2.60.